The first kappa shape index (κ1) is 14.2. The third-order valence-corrected chi connectivity index (χ3v) is 3.12. The molecule has 1 aromatic heterocycles. The molecule has 0 amide bonds. The van der Waals surface area contributed by atoms with Crippen molar-refractivity contribution in [1.29, 1.82) is 0 Å². The SMILES string of the molecule is CCCCCCCC(C)NCc1cccnc1. The van der Waals surface area contributed by atoms with Gasteiger partial charge in [-0.25, -0.2) is 0 Å². The van der Waals surface area contributed by atoms with Gasteiger partial charge in [0.1, 0.15) is 0 Å². The van der Waals surface area contributed by atoms with Gasteiger partial charge in [0.2, 0.25) is 0 Å². The lowest BCUT2D eigenvalue weighted by Gasteiger charge is -2.13. The van der Waals surface area contributed by atoms with Gasteiger partial charge >= 0.3 is 0 Å². The molecule has 0 aliphatic carbocycles. The molecule has 2 nitrogen and oxygen atoms in total. The monoisotopic (exact) mass is 234 g/mol. The van der Waals surface area contributed by atoms with Crippen molar-refractivity contribution in [2.24, 2.45) is 0 Å². The van der Waals surface area contributed by atoms with Gasteiger partial charge in [-0.05, 0) is 25.0 Å². The molecule has 0 spiro atoms. The Balaban J connectivity index is 2.03. The van der Waals surface area contributed by atoms with E-state index in [0.717, 1.165) is 6.54 Å². The molecule has 17 heavy (non-hydrogen) atoms. The number of hydrogen-bond donors (Lipinski definition) is 1. The third-order valence-electron chi connectivity index (χ3n) is 3.12. The summed E-state index contributed by atoms with van der Waals surface area (Å²) < 4.78 is 0. The van der Waals surface area contributed by atoms with Gasteiger partial charge in [0.05, 0.1) is 0 Å². The van der Waals surface area contributed by atoms with Crippen LogP contribution in [0.15, 0.2) is 24.5 Å². The summed E-state index contributed by atoms with van der Waals surface area (Å²) >= 11 is 0. The van der Waals surface area contributed by atoms with E-state index in [1.165, 1.54) is 44.1 Å². The zero-order valence-electron chi connectivity index (χ0n) is 11.3. The predicted molar refractivity (Wildman–Crippen MR) is 73.9 cm³/mol. The maximum Gasteiger partial charge on any atom is 0.0312 e. The molecule has 1 heterocycles. The van der Waals surface area contributed by atoms with Crippen LogP contribution in [-0.4, -0.2) is 11.0 Å². The Morgan fingerprint density at radius 3 is 2.76 bits per heavy atom. The van der Waals surface area contributed by atoms with Crippen LogP contribution in [0.3, 0.4) is 0 Å². The second-order valence-corrected chi connectivity index (χ2v) is 4.85. The van der Waals surface area contributed by atoms with Crippen LogP contribution in [0.2, 0.25) is 0 Å². The zero-order chi connectivity index (χ0) is 12.3. The quantitative estimate of drug-likeness (QED) is 0.655. The van der Waals surface area contributed by atoms with Crippen molar-refractivity contribution < 1.29 is 0 Å². The number of unbranched alkanes of at least 4 members (excludes halogenated alkanes) is 4. The fraction of sp³-hybridized carbons (Fsp3) is 0.667. The number of nitrogens with zero attached hydrogens (tertiary/aromatic N) is 1. The number of rotatable bonds is 9. The van der Waals surface area contributed by atoms with Crippen molar-refractivity contribution in [2.45, 2.75) is 65.0 Å². The fourth-order valence-corrected chi connectivity index (χ4v) is 1.95. The molecule has 0 aliphatic heterocycles. The lowest BCUT2D eigenvalue weighted by molar-refractivity contribution is 0.479. The minimum absolute atomic E-state index is 0.608. The minimum atomic E-state index is 0.608. The van der Waals surface area contributed by atoms with Gasteiger partial charge in [-0.3, -0.25) is 4.98 Å². The van der Waals surface area contributed by atoms with Crippen LogP contribution in [0.25, 0.3) is 0 Å². The minimum Gasteiger partial charge on any atom is -0.310 e. The normalized spacial score (nSPS) is 12.6. The fourth-order valence-electron chi connectivity index (χ4n) is 1.95. The summed E-state index contributed by atoms with van der Waals surface area (Å²) in [6.07, 6.45) is 11.9. The highest BCUT2D eigenvalue weighted by Crippen LogP contribution is 2.07. The van der Waals surface area contributed by atoms with Gasteiger partial charge in [0.25, 0.3) is 0 Å². The first-order chi connectivity index (χ1) is 8.33. The molecule has 0 fully saturated rings. The van der Waals surface area contributed by atoms with Gasteiger partial charge in [-0.1, -0.05) is 45.1 Å². The molecular weight excluding hydrogens is 208 g/mol. The van der Waals surface area contributed by atoms with E-state index in [2.05, 4.69) is 30.2 Å². The lowest BCUT2D eigenvalue weighted by atomic mass is 10.1. The third kappa shape index (κ3) is 7.11. The summed E-state index contributed by atoms with van der Waals surface area (Å²) in [6, 6.07) is 4.72. The molecule has 1 aromatic rings. The molecule has 1 N–H and O–H groups in total. The van der Waals surface area contributed by atoms with E-state index < -0.39 is 0 Å². The Morgan fingerprint density at radius 1 is 1.24 bits per heavy atom. The summed E-state index contributed by atoms with van der Waals surface area (Å²) in [6.45, 7) is 5.47. The van der Waals surface area contributed by atoms with Crippen molar-refractivity contribution in [3.8, 4) is 0 Å². The first-order valence-electron chi connectivity index (χ1n) is 6.95. The van der Waals surface area contributed by atoms with E-state index in [-0.39, 0.29) is 0 Å². The maximum atomic E-state index is 4.12. The van der Waals surface area contributed by atoms with E-state index in [1.807, 2.05) is 18.5 Å². The zero-order valence-corrected chi connectivity index (χ0v) is 11.3. The van der Waals surface area contributed by atoms with Crippen LogP contribution in [0.5, 0.6) is 0 Å². The van der Waals surface area contributed by atoms with Gasteiger partial charge in [0.15, 0.2) is 0 Å². The Hall–Kier alpha value is -0.890. The van der Waals surface area contributed by atoms with E-state index >= 15 is 0 Å². The van der Waals surface area contributed by atoms with Crippen molar-refractivity contribution >= 4 is 0 Å². The molecule has 0 bridgehead atoms. The second kappa shape index (κ2) is 9.17. The number of pyridine rings is 1. The topological polar surface area (TPSA) is 24.9 Å². The molecule has 1 unspecified atom stereocenters. The highest BCUT2D eigenvalue weighted by atomic mass is 14.9. The average Bonchev–Trinajstić information content (AvgIpc) is 2.37. The number of aromatic nitrogens is 1. The standard InChI is InChI=1S/C15H26N2/c1-3-4-5-6-7-9-14(2)17-13-15-10-8-11-16-12-15/h8,10-12,14,17H,3-7,9,13H2,1-2H3. The van der Waals surface area contributed by atoms with E-state index in [9.17, 15) is 0 Å². The summed E-state index contributed by atoms with van der Waals surface area (Å²) in [4.78, 5) is 4.12. The van der Waals surface area contributed by atoms with Crippen molar-refractivity contribution in [3.05, 3.63) is 30.1 Å². The molecule has 0 saturated carbocycles. The Morgan fingerprint density at radius 2 is 2.06 bits per heavy atom. The van der Waals surface area contributed by atoms with Crippen LogP contribution in [0.4, 0.5) is 0 Å². The van der Waals surface area contributed by atoms with Crippen LogP contribution < -0.4 is 5.32 Å². The molecule has 1 atom stereocenters. The Bertz CT molecular complexity index is 272. The van der Waals surface area contributed by atoms with E-state index in [0.29, 0.717) is 6.04 Å². The molecule has 0 aliphatic rings. The smallest absolute Gasteiger partial charge is 0.0312 e. The molecule has 1 rings (SSSR count). The number of nitrogens with one attached hydrogen (secondary N) is 1. The van der Waals surface area contributed by atoms with Crippen LogP contribution in [0.1, 0.15) is 57.9 Å². The maximum absolute atomic E-state index is 4.12. The summed E-state index contributed by atoms with van der Waals surface area (Å²) in [5, 5.41) is 3.55. The molecule has 96 valence electrons. The lowest BCUT2D eigenvalue weighted by Crippen LogP contribution is -2.25. The summed E-state index contributed by atoms with van der Waals surface area (Å²) in [7, 11) is 0. The highest BCUT2D eigenvalue weighted by molar-refractivity contribution is 5.07. The molecule has 0 aromatic carbocycles. The molecular formula is C15H26N2. The van der Waals surface area contributed by atoms with E-state index in [1.54, 1.807) is 0 Å². The molecule has 0 saturated heterocycles. The average molecular weight is 234 g/mol. The van der Waals surface area contributed by atoms with Gasteiger partial charge in [0, 0.05) is 25.0 Å². The van der Waals surface area contributed by atoms with Gasteiger partial charge in [-0.2, -0.15) is 0 Å². The van der Waals surface area contributed by atoms with Crippen molar-refractivity contribution in [2.75, 3.05) is 0 Å². The van der Waals surface area contributed by atoms with E-state index in [4.69, 9.17) is 0 Å². The van der Waals surface area contributed by atoms with Crippen LogP contribution in [-0.2, 0) is 6.54 Å². The Labute approximate surface area is 106 Å². The van der Waals surface area contributed by atoms with Gasteiger partial charge in [-0.15, -0.1) is 0 Å². The predicted octanol–water partition coefficient (Wildman–Crippen LogP) is 3.92. The van der Waals surface area contributed by atoms with Crippen molar-refractivity contribution in [3.63, 3.8) is 0 Å². The summed E-state index contributed by atoms with van der Waals surface area (Å²) in [5.74, 6) is 0. The number of hydrogen-bond acceptors (Lipinski definition) is 2. The molecule has 2 heteroatoms. The van der Waals surface area contributed by atoms with Crippen LogP contribution in [0, 0.1) is 0 Å². The molecule has 0 radical (unpaired) electrons. The highest BCUT2D eigenvalue weighted by Gasteiger charge is 2.01. The van der Waals surface area contributed by atoms with Crippen LogP contribution >= 0.6 is 0 Å². The summed E-state index contributed by atoms with van der Waals surface area (Å²) in [5.41, 5.74) is 1.27. The largest absolute Gasteiger partial charge is 0.310 e. The second-order valence-electron chi connectivity index (χ2n) is 4.85. The Kier molecular flexibility index (Phi) is 7.65. The van der Waals surface area contributed by atoms with Crippen molar-refractivity contribution in [1.82, 2.24) is 10.3 Å². The first-order valence-corrected chi connectivity index (χ1v) is 6.95. The van der Waals surface area contributed by atoms with Gasteiger partial charge < -0.3 is 5.32 Å².